The quantitative estimate of drug-likeness (QED) is 0.583. The molecule has 2 heterocycles. The van der Waals surface area contributed by atoms with Gasteiger partial charge in [-0.05, 0) is 29.8 Å². The van der Waals surface area contributed by atoms with Crippen molar-refractivity contribution in [3.8, 4) is 0 Å². The van der Waals surface area contributed by atoms with Gasteiger partial charge in [-0.15, -0.1) is 0 Å². The molecule has 0 aromatic carbocycles. The maximum atomic E-state index is 5.46. The molecule has 0 radical (unpaired) electrons. The van der Waals surface area contributed by atoms with Crippen LogP contribution in [0.1, 0.15) is 17.3 Å². The average molecular weight is 313 g/mol. The summed E-state index contributed by atoms with van der Waals surface area (Å²) < 4.78 is 6.20. The first kappa shape index (κ1) is 12.8. The fraction of sp³-hybridized carbons (Fsp3) is 0.300. The number of anilines is 2. The molecule has 8 heteroatoms. The number of aryl methyl sites for hydroxylation is 2. The molecular weight excluding hydrogens is 300 g/mol. The monoisotopic (exact) mass is 312 g/mol. The third-order valence-electron chi connectivity index (χ3n) is 2.35. The van der Waals surface area contributed by atoms with Gasteiger partial charge in [-0.25, -0.2) is 15.8 Å². The Kier molecular flexibility index (Phi) is 3.78. The number of rotatable bonds is 4. The summed E-state index contributed by atoms with van der Waals surface area (Å²) in [5, 5.41) is 3.09. The highest BCUT2D eigenvalue weighted by Gasteiger charge is 2.08. The Morgan fingerprint density at radius 1 is 1.39 bits per heavy atom. The van der Waals surface area contributed by atoms with Crippen molar-refractivity contribution in [2.45, 2.75) is 20.4 Å². The molecule has 0 saturated heterocycles. The van der Waals surface area contributed by atoms with Crippen molar-refractivity contribution in [2.75, 3.05) is 10.7 Å². The van der Waals surface area contributed by atoms with Crippen LogP contribution in [0, 0.1) is 13.8 Å². The van der Waals surface area contributed by atoms with E-state index in [-0.39, 0.29) is 0 Å². The van der Waals surface area contributed by atoms with E-state index < -0.39 is 0 Å². The smallest absolute Gasteiger partial charge is 0.239 e. The van der Waals surface area contributed by atoms with E-state index in [4.69, 9.17) is 10.3 Å². The lowest BCUT2D eigenvalue weighted by atomic mass is 10.4. The summed E-state index contributed by atoms with van der Waals surface area (Å²) in [6, 6.07) is 0. The number of hydrogen-bond donors (Lipinski definition) is 3. The third kappa shape index (κ3) is 2.77. The summed E-state index contributed by atoms with van der Waals surface area (Å²) >= 11 is 3.35. The molecule has 0 fully saturated rings. The lowest BCUT2D eigenvalue weighted by Crippen LogP contribution is -2.12. The molecule has 96 valence electrons. The molecule has 0 unspecified atom stereocenters. The molecule has 7 nitrogen and oxygen atoms in total. The summed E-state index contributed by atoms with van der Waals surface area (Å²) in [6.07, 6.45) is 1.61. The minimum Gasteiger partial charge on any atom is -0.444 e. The van der Waals surface area contributed by atoms with E-state index in [0.29, 0.717) is 24.2 Å². The highest BCUT2D eigenvalue weighted by molar-refractivity contribution is 9.10. The number of oxazole rings is 1. The molecule has 18 heavy (non-hydrogen) atoms. The van der Waals surface area contributed by atoms with Crippen LogP contribution in [-0.4, -0.2) is 15.0 Å². The molecule has 0 saturated carbocycles. The van der Waals surface area contributed by atoms with Crippen LogP contribution in [-0.2, 0) is 6.54 Å². The lowest BCUT2D eigenvalue weighted by molar-refractivity contribution is 0.478. The first-order chi connectivity index (χ1) is 8.60. The molecule has 2 aromatic heterocycles. The molecule has 4 N–H and O–H groups in total. The molecule has 0 aliphatic rings. The average Bonchev–Trinajstić information content (AvgIpc) is 2.68. The van der Waals surface area contributed by atoms with Gasteiger partial charge in [0.2, 0.25) is 11.8 Å². The third-order valence-corrected chi connectivity index (χ3v) is 2.93. The van der Waals surface area contributed by atoms with Crippen LogP contribution >= 0.6 is 15.9 Å². The molecule has 0 aliphatic heterocycles. The maximum Gasteiger partial charge on any atom is 0.239 e. The van der Waals surface area contributed by atoms with Crippen molar-refractivity contribution in [3.63, 3.8) is 0 Å². The van der Waals surface area contributed by atoms with Gasteiger partial charge < -0.3 is 9.73 Å². The van der Waals surface area contributed by atoms with Crippen LogP contribution in [0.2, 0.25) is 0 Å². The van der Waals surface area contributed by atoms with E-state index in [1.807, 2.05) is 13.8 Å². The molecule has 0 bridgehead atoms. The van der Waals surface area contributed by atoms with Gasteiger partial charge in [0, 0.05) is 6.20 Å². The summed E-state index contributed by atoms with van der Waals surface area (Å²) in [5.41, 5.74) is 3.27. The second kappa shape index (κ2) is 5.32. The van der Waals surface area contributed by atoms with Crippen LogP contribution < -0.4 is 16.6 Å². The van der Waals surface area contributed by atoms with E-state index in [0.717, 1.165) is 15.9 Å². The SMILES string of the molecule is Cc1nc(CNc2nc(NN)ncc2Br)oc1C. The molecule has 0 amide bonds. The van der Waals surface area contributed by atoms with Crippen LogP contribution in [0.4, 0.5) is 11.8 Å². The van der Waals surface area contributed by atoms with Crippen molar-refractivity contribution in [2.24, 2.45) is 5.84 Å². The Balaban J connectivity index is 2.10. The number of halogens is 1. The summed E-state index contributed by atoms with van der Waals surface area (Å²) in [7, 11) is 0. The van der Waals surface area contributed by atoms with Gasteiger partial charge in [0.25, 0.3) is 0 Å². The van der Waals surface area contributed by atoms with E-state index in [1.54, 1.807) is 6.20 Å². The van der Waals surface area contributed by atoms with Crippen LogP contribution in [0.25, 0.3) is 0 Å². The zero-order valence-corrected chi connectivity index (χ0v) is 11.6. The van der Waals surface area contributed by atoms with Gasteiger partial charge in [0.1, 0.15) is 11.6 Å². The van der Waals surface area contributed by atoms with E-state index in [2.05, 4.69) is 41.6 Å². The lowest BCUT2D eigenvalue weighted by Gasteiger charge is -2.06. The Bertz CT molecular complexity index is 536. The van der Waals surface area contributed by atoms with Crippen LogP contribution in [0.5, 0.6) is 0 Å². The summed E-state index contributed by atoms with van der Waals surface area (Å²) in [4.78, 5) is 12.4. The topological polar surface area (TPSA) is 102 Å². The minimum absolute atomic E-state index is 0.334. The minimum atomic E-state index is 0.334. The standard InChI is InChI=1S/C10H13BrN6O/c1-5-6(2)18-8(15-5)4-13-9-7(11)3-14-10(16-9)17-12/h3H,4,12H2,1-2H3,(H2,13,14,16,17). The fourth-order valence-electron chi connectivity index (χ4n) is 1.33. The number of nitrogen functional groups attached to an aromatic ring is 1. The Morgan fingerprint density at radius 3 is 2.78 bits per heavy atom. The van der Waals surface area contributed by atoms with Gasteiger partial charge in [0.15, 0.2) is 0 Å². The highest BCUT2D eigenvalue weighted by Crippen LogP contribution is 2.20. The molecule has 2 rings (SSSR count). The van der Waals surface area contributed by atoms with Crippen LogP contribution in [0.15, 0.2) is 15.1 Å². The second-order valence-electron chi connectivity index (χ2n) is 3.64. The number of aromatic nitrogens is 3. The maximum absolute atomic E-state index is 5.46. The first-order valence-electron chi connectivity index (χ1n) is 5.26. The number of hydrazine groups is 1. The van der Waals surface area contributed by atoms with E-state index in [9.17, 15) is 0 Å². The largest absolute Gasteiger partial charge is 0.444 e. The van der Waals surface area contributed by atoms with Crippen molar-refractivity contribution >= 4 is 27.7 Å². The zero-order chi connectivity index (χ0) is 13.1. The predicted molar refractivity (Wildman–Crippen MR) is 70.8 cm³/mol. The van der Waals surface area contributed by atoms with Crippen LogP contribution in [0.3, 0.4) is 0 Å². The molecule has 0 spiro atoms. The zero-order valence-electron chi connectivity index (χ0n) is 9.99. The Morgan fingerprint density at radius 2 is 2.17 bits per heavy atom. The van der Waals surface area contributed by atoms with Crippen molar-refractivity contribution in [1.82, 2.24) is 15.0 Å². The number of nitrogens with two attached hydrogens (primary N) is 1. The Hall–Kier alpha value is -1.67. The van der Waals surface area contributed by atoms with Gasteiger partial charge in [-0.1, -0.05) is 0 Å². The number of nitrogens with one attached hydrogen (secondary N) is 2. The van der Waals surface area contributed by atoms with Crippen molar-refractivity contribution in [1.29, 1.82) is 0 Å². The van der Waals surface area contributed by atoms with Crippen molar-refractivity contribution in [3.05, 3.63) is 28.0 Å². The normalized spacial score (nSPS) is 10.4. The van der Waals surface area contributed by atoms with E-state index >= 15 is 0 Å². The highest BCUT2D eigenvalue weighted by atomic mass is 79.9. The van der Waals surface area contributed by atoms with Gasteiger partial charge in [-0.2, -0.15) is 4.98 Å². The Labute approximate surface area is 112 Å². The molecule has 2 aromatic rings. The van der Waals surface area contributed by atoms with Gasteiger partial charge in [0.05, 0.1) is 16.7 Å². The molecule has 0 atom stereocenters. The molecule has 0 aliphatic carbocycles. The number of nitrogens with zero attached hydrogens (tertiary/aromatic N) is 3. The van der Waals surface area contributed by atoms with Gasteiger partial charge in [-0.3, -0.25) is 5.43 Å². The van der Waals surface area contributed by atoms with Crippen molar-refractivity contribution < 1.29 is 4.42 Å². The fourth-order valence-corrected chi connectivity index (χ4v) is 1.67. The second-order valence-corrected chi connectivity index (χ2v) is 4.49. The molecular formula is C10H13BrN6O. The number of hydrogen-bond acceptors (Lipinski definition) is 7. The summed E-state index contributed by atoms with van der Waals surface area (Å²) in [6.45, 7) is 4.22. The first-order valence-corrected chi connectivity index (χ1v) is 6.05. The van der Waals surface area contributed by atoms with E-state index in [1.165, 1.54) is 0 Å². The predicted octanol–water partition coefficient (Wildman–Crippen LogP) is 1.74. The summed E-state index contributed by atoms with van der Waals surface area (Å²) in [5.74, 6) is 7.63. The van der Waals surface area contributed by atoms with Gasteiger partial charge >= 0.3 is 0 Å².